The molecule has 0 saturated carbocycles. The van der Waals surface area contributed by atoms with Gasteiger partial charge in [0.05, 0.1) is 13.1 Å². The molecule has 1 unspecified atom stereocenters. The van der Waals surface area contributed by atoms with Crippen LogP contribution in [0.25, 0.3) is 12.2 Å². The summed E-state index contributed by atoms with van der Waals surface area (Å²) in [6.45, 7) is 10.7. The van der Waals surface area contributed by atoms with Crippen molar-refractivity contribution in [2.75, 3.05) is 13.1 Å². The summed E-state index contributed by atoms with van der Waals surface area (Å²) in [6, 6.07) is 14.6. The van der Waals surface area contributed by atoms with Crippen LogP contribution in [0.15, 0.2) is 72.3 Å². The van der Waals surface area contributed by atoms with Crippen molar-refractivity contribution in [3.8, 4) is 0 Å². The first-order chi connectivity index (χ1) is 15.5. The third kappa shape index (κ3) is 5.17. The van der Waals surface area contributed by atoms with E-state index in [9.17, 15) is 4.79 Å². The standard InChI is InChI=1S/C27H31N3OS/c1-3-7-27(31)30-17-20(2)29(18-23-10-6-9-22-8-4-5-11-25(22)23)19-26(30)28-16-21-12-14-24(32)15-13-21/h3,6,8-15,26,28,32H,1-2,4-5,7,16-19H2. The van der Waals surface area contributed by atoms with E-state index < -0.39 is 0 Å². The minimum Gasteiger partial charge on any atom is -0.366 e. The molecular formula is C27H31N3OS. The Kier molecular flexibility index (Phi) is 7.18. The number of rotatable bonds is 7. The number of thiol groups is 1. The highest BCUT2D eigenvalue weighted by atomic mass is 32.1. The van der Waals surface area contributed by atoms with Crippen molar-refractivity contribution in [1.29, 1.82) is 0 Å². The number of carbonyl (C=O) groups excluding carboxylic acids is 1. The predicted octanol–water partition coefficient (Wildman–Crippen LogP) is 3.18. The molecule has 4 nitrogen and oxygen atoms in total. The van der Waals surface area contributed by atoms with Crippen LogP contribution in [0.3, 0.4) is 0 Å². The Morgan fingerprint density at radius 2 is 1.94 bits per heavy atom. The van der Waals surface area contributed by atoms with Crippen LogP contribution >= 0.6 is 12.6 Å². The van der Waals surface area contributed by atoms with Gasteiger partial charge in [-0.2, -0.15) is 0 Å². The summed E-state index contributed by atoms with van der Waals surface area (Å²) in [5, 5.41) is 6.26. The van der Waals surface area contributed by atoms with E-state index in [0.717, 1.165) is 35.5 Å². The fraction of sp³-hybridized carbons (Fsp3) is 0.296. The summed E-state index contributed by atoms with van der Waals surface area (Å²) in [5.41, 5.74) is 3.45. The highest BCUT2D eigenvalue weighted by Gasteiger charge is 2.31. The molecule has 1 aliphatic carbocycles. The normalized spacial score (nSPS) is 17.9. The molecule has 32 heavy (non-hydrogen) atoms. The van der Waals surface area contributed by atoms with E-state index in [0.29, 0.717) is 26.1 Å². The Balaban J connectivity index is 1.53. The van der Waals surface area contributed by atoms with E-state index in [1.165, 1.54) is 16.0 Å². The van der Waals surface area contributed by atoms with Crippen molar-refractivity contribution in [3.63, 3.8) is 0 Å². The molecule has 0 aromatic heterocycles. The zero-order valence-electron chi connectivity index (χ0n) is 18.5. The minimum absolute atomic E-state index is 0.0732. The molecule has 2 aromatic carbocycles. The van der Waals surface area contributed by atoms with Crippen LogP contribution < -0.4 is 15.8 Å². The summed E-state index contributed by atoms with van der Waals surface area (Å²) >= 11 is 4.37. The van der Waals surface area contributed by atoms with Gasteiger partial charge in [0.25, 0.3) is 0 Å². The van der Waals surface area contributed by atoms with Gasteiger partial charge in [0, 0.05) is 30.1 Å². The van der Waals surface area contributed by atoms with E-state index in [1.54, 1.807) is 6.08 Å². The van der Waals surface area contributed by atoms with Gasteiger partial charge in [0.2, 0.25) is 5.91 Å². The second-order valence-electron chi connectivity index (χ2n) is 8.43. The largest absolute Gasteiger partial charge is 0.366 e. The summed E-state index contributed by atoms with van der Waals surface area (Å²) in [4.78, 5) is 18.0. The molecule has 1 fully saturated rings. The average Bonchev–Trinajstić information content (AvgIpc) is 2.80. The topological polar surface area (TPSA) is 35.6 Å². The lowest BCUT2D eigenvalue weighted by atomic mass is 10.0. The Morgan fingerprint density at radius 3 is 2.72 bits per heavy atom. The number of fused-ring (bicyclic) bond motifs is 1. The van der Waals surface area contributed by atoms with Crippen LogP contribution in [0.4, 0.5) is 0 Å². The van der Waals surface area contributed by atoms with Crippen molar-refractivity contribution < 1.29 is 4.79 Å². The zero-order chi connectivity index (χ0) is 22.5. The molecule has 5 heteroatoms. The molecule has 0 bridgehead atoms. The van der Waals surface area contributed by atoms with Gasteiger partial charge in [0.15, 0.2) is 0 Å². The molecule has 1 aliphatic heterocycles. The summed E-state index contributed by atoms with van der Waals surface area (Å²) < 4.78 is 0. The Hall–Kier alpha value is -2.76. The smallest absolute Gasteiger partial charge is 0.228 e. The first kappa shape index (κ1) is 22.4. The van der Waals surface area contributed by atoms with Crippen molar-refractivity contribution in [1.82, 2.24) is 15.1 Å². The van der Waals surface area contributed by atoms with Crippen LogP contribution in [0.5, 0.6) is 0 Å². The molecule has 1 saturated heterocycles. The van der Waals surface area contributed by atoms with Crippen LogP contribution in [0, 0.1) is 0 Å². The van der Waals surface area contributed by atoms with Crippen LogP contribution in [0.1, 0.15) is 30.4 Å². The molecule has 166 valence electrons. The number of carbonyl (C=O) groups is 1. The summed E-state index contributed by atoms with van der Waals surface area (Å²) in [7, 11) is 0. The maximum absolute atomic E-state index is 12.8. The lowest BCUT2D eigenvalue weighted by molar-refractivity contribution is -0.135. The third-order valence-electron chi connectivity index (χ3n) is 6.16. The van der Waals surface area contributed by atoms with Crippen LogP contribution in [0.2, 0.25) is 0 Å². The van der Waals surface area contributed by atoms with Gasteiger partial charge >= 0.3 is 0 Å². The minimum atomic E-state index is -0.0984. The second kappa shape index (κ2) is 10.2. The average molecular weight is 446 g/mol. The molecule has 0 spiro atoms. The summed E-state index contributed by atoms with van der Waals surface area (Å²) in [6.07, 6.45) is 8.76. The maximum Gasteiger partial charge on any atom is 0.228 e. The van der Waals surface area contributed by atoms with E-state index in [2.05, 4.69) is 78.5 Å². The van der Waals surface area contributed by atoms with Gasteiger partial charge in [-0.25, -0.2) is 0 Å². The number of benzene rings is 2. The predicted molar refractivity (Wildman–Crippen MR) is 134 cm³/mol. The number of nitrogens with one attached hydrogen (secondary N) is 1. The van der Waals surface area contributed by atoms with Crippen molar-refractivity contribution in [2.45, 2.75) is 43.4 Å². The Labute approximate surface area is 196 Å². The molecule has 2 aromatic rings. The number of nitrogens with zero attached hydrogens (tertiary/aromatic N) is 2. The van der Waals surface area contributed by atoms with Gasteiger partial charge in [-0.1, -0.05) is 55.1 Å². The molecule has 1 N–H and O–H groups in total. The monoisotopic (exact) mass is 445 g/mol. The number of hydrogen-bond acceptors (Lipinski definition) is 4. The molecule has 1 amide bonds. The van der Waals surface area contributed by atoms with Crippen molar-refractivity contribution in [3.05, 3.63) is 89.0 Å². The van der Waals surface area contributed by atoms with Gasteiger partial charge in [-0.05, 0) is 46.5 Å². The molecule has 1 heterocycles. The van der Waals surface area contributed by atoms with Gasteiger partial charge in [-0.15, -0.1) is 19.2 Å². The molecule has 0 radical (unpaired) electrons. The molecular weight excluding hydrogens is 414 g/mol. The van der Waals surface area contributed by atoms with Crippen molar-refractivity contribution in [2.24, 2.45) is 0 Å². The zero-order valence-corrected chi connectivity index (χ0v) is 19.4. The third-order valence-corrected chi connectivity index (χ3v) is 6.46. The molecule has 1 atom stereocenters. The van der Waals surface area contributed by atoms with E-state index >= 15 is 0 Å². The number of amides is 1. The van der Waals surface area contributed by atoms with E-state index in [-0.39, 0.29) is 12.1 Å². The van der Waals surface area contributed by atoms with Gasteiger partial charge < -0.3 is 9.80 Å². The second-order valence-corrected chi connectivity index (χ2v) is 8.95. The lowest BCUT2D eigenvalue weighted by Crippen LogP contribution is -2.59. The van der Waals surface area contributed by atoms with Crippen molar-refractivity contribution >= 4 is 30.7 Å². The fourth-order valence-electron chi connectivity index (χ4n) is 4.42. The fourth-order valence-corrected chi connectivity index (χ4v) is 4.57. The van der Waals surface area contributed by atoms with E-state index in [1.807, 2.05) is 17.0 Å². The molecule has 4 rings (SSSR count). The Bertz CT molecular complexity index is 1120. The Morgan fingerprint density at radius 1 is 1.16 bits per heavy atom. The quantitative estimate of drug-likeness (QED) is 0.508. The molecule has 2 aliphatic rings. The first-order valence-corrected chi connectivity index (χ1v) is 11.6. The SMILES string of the molecule is C=CCC(=O)N1CC(=C)N(Cc2cccc3c2=CCCC=3)CC1NCc1ccc(S)cc1. The first-order valence-electron chi connectivity index (χ1n) is 11.2. The van der Waals surface area contributed by atoms with Crippen LogP contribution in [-0.4, -0.2) is 35.0 Å². The van der Waals surface area contributed by atoms with Gasteiger partial charge in [0.1, 0.15) is 6.17 Å². The number of hydrogen-bond donors (Lipinski definition) is 2. The lowest BCUT2D eigenvalue weighted by Gasteiger charge is -2.44. The highest BCUT2D eigenvalue weighted by molar-refractivity contribution is 7.80. The highest BCUT2D eigenvalue weighted by Crippen LogP contribution is 2.20. The summed E-state index contributed by atoms with van der Waals surface area (Å²) in [5.74, 6) is 0.0732. The van der Waals surface area contributed by atoms with E-state index in [4.69, 9.17) is 0 Å². The van der Waals surface area contributed by atoms with Gasteiger partial charge in [-0.3, -0.25) is 10.1 Å². The van der Waals surface area contributed by atoms with Crippen LogP contribution in [-0.2, 0) is 17.9 Å². The number of piperazine rings is 1. The maximum atomic E-state index is 12.8.